The summed E-state index contributed by atoms with van der Waals surface area (Å²) in [6, 6.07) is 16.5. The molecule has 5 heteroatoms. The lowest BCUT2D eigenvalue weighted by Gasteiger charge is -2.29. The Bertz CT molecular complexity index is 1140. The first-order chi connectivity index (χ1) is 13.7. The minimum Gasteiger partial charge on any atom is -0.349 e. The van der Waals surface area contributed by atoms with Crippen LogP contribution in [-0.4, -0.2) is 21.3 Å². The molecule has 2 aromatic heterocycles. The van der Waals surface area contributed by atoms with Crippen LogP contribution in [0.2, 0.25) is 0 Å². The Morgan fingerprint density at radius 3 is 2.79 bits per heavy atom. The number of aromatic nitrogens is 2. The van der Waals surface area contributed by atoms with Crippen LogP contribution < -0.4 is 5.32 Å². The zero-order chi connectivity index (χ0) is 19.1. The fourth-order valence-corrected chi connectivity index (χ4v) is 5.22. The highest BCUT2D eigenvalue weighted by atomic mass is 32.1. The van der Waals surface area contributed by atoms with Crippen molar-refractivity contribution in [2.75, 3.05) is 0 Å². The molecule has 0 unspecified atom stereocenters. The molecule has 2 aromatic carbocycles. The highest BCUT2D eigenvalue weighted by molar-refractivity contribution is 7.23. The molecule has 0 bridgehead atoms. The number of rotatable bonds is 3. The number of carbonyl (C=O) groups is 1. The molecule has 2 heterocycles. The number of hydrogen-bond acceptors (Lipinski definition) is 3. The van der Waals surface area contributed by atoms with E-state index >= 15 is 0 Å². The highest BCUT2D eigenvalue weighted by Crippen LogP contribution is 2.30. The van der Waals surface area contributed by atoms with E-state index in [0.29, 0.717) is 12.0 Å². The molecule has 0 radical (unpaired) electrons. The van der Waals surface area contributed by atoms with Gasteiger partial charge in [0.2, 0.25) is 0 Å². The molecule has 0 saturated heterocycles. The van der Waals surface area contributed by atoms with Crippen LogP contribution in [0.25, 0.3) is 26.4 Å². The third-order valence-corrected chi connectivity index (χ3v) is 6.87. The average Bonchev–Trinajstić information content (AvgIpc) is 3.28. The largest absolute Gasteiger partial charge is 0.349 e. The molecule has 4 aromatic rings. The molecule has 5 rings (SSSR count). The quantitative estimate of drug-likeness (QED) is 0.501. The van der Waals surface area contributed by atoms with Gasteiger partial charge in [-0.2, -0.15) is 0 Å². The fraction of sp³-hybridized carbons (Fsp3) is 0.304. The number of nitrogens with zero attached hydrogens (tertiary/aromatic N) is 2. The predicted molar refractivity (Wildman–Crippen MR) is 115 cm³/mol. The van der Waals surface area contributed by atoms with E-state index in [1.54, 1.807) is 11.3 Å². The zero-order valence-electron chi connectivity index (χ0n) is 15.9. The molecule has 0 aliphatic heterocycles. The van der Waals surface area contributed by atoms with Crippen molar-refractivity contribution in [3.05, 3.63) is 60.3 Å². The Morgan fingerprint density at radius 1 is 1.14 bits per heavy atom. The van der Waals surface area contributed by atoms with E-state index in [1.165, 1.54) is 19.3 Å². The van der Waals surface area contributed by atoms with E-state index < -0.39 is 0 Å². The average molecular weight is 390 g/mol. The minimum absolute atomic E-state index is 0.0386. The number of hydrogen-bond donors (Lipinski definition) is 1. The molecule has 1 N–H and O–H groups in total. The summed E-state index contributed by atoms with van der Waals surface area (Å²) in [7, 11) is 0. The summed E-state index contributed by atoms with van der Waals surface area (Å²) in [5.74, 6) is 0.597. The molecule has 1 aliphatic carbocycles. The lowest BCUT2D eigenvalue weighted by molar-refractivity contribution is 0.0910. The second-order valence-electron chi connectivity index (χ2n) is 7.77. The van der Waals surface area contributed by atoms with E-state index in [4.69, 9.17) is 4.98 Å². The third kappa shape index (κ3) is 3.10. The van der Waals surface area contributed by atoms with Gasteiger partial charge in [-0.15, -0.1) is 0 Å². The standard InChI is InChI=1S/C23H23N3OS/c1-15-7-5-6-10-18(15)24-22(27)17-11-12-20-21(13-17)28-23-25-19(14-26(20)23)16-8-3-2-4-9-16/h2-4,8-9,11-15,18H,5-7,10H2,1H3,(H,24,27)/t15-,18-/m0/s1. The first kappa shape index (κ1) is 17.4. The summed E-state index contributed by atoms with van der Waals surface area (Å²) in [5, 5.41) is 3.25. The molecule has 0 spiro atoms. The monoisotopic (exact) mass is 389 g/mol. The number of benzene rings is 2. The summed E-state index contributed by atoms with van der Waals surface area (Å²) >= 11 is 1.63. The summed E-state index contributed by atoms with van der Waals surface area (Å²) in [6.07, 6.45) is 6.85. The maximum absolute atomic E-state index is 12.8. The molecule has 1 aliphatic rings. The topological polar surface area (TPSA) is 46.4 Å². The third-order valence-electron chi connectivity index (χ3n) is 5.85. The van der Waals surface area contributed by atoms with Crippen LogP contribution >= 0.6 is 11.3 Å². The number of nitrogens with one attached hydrogen (secondary N) is 1. The van der Waals surface area contributed by atoms with Gasteiger partial charge in [0.15, 0.2) is 4.96 Å². The first-order valence-corrected chi connectivity index (χ1v) is 10.8. The molecular weight excluding hydrogens is 366 g/mol. The van der Waals surface area contributed by atoms with Gasteiger partial charge >= 0.3 is 0 Å². The number of fused-ring (bicyclic) bond motifs is 3. The van der Waals surface area contributed by atoms with Gasteiger partial charge in [-0.1, -0.05) is 61.4 Å². The maximum atomic E-state index is 12.8. The van der Waals surface area contributed by atoms with Crippen LogP contribution in [0.3, 0.4) is 0 Å². The van der Waals surface area contributed by atoms with Crippen molar-refractivity contribution >= 4 is 32.4 Å². The van der Waals surface area contributed by atoms with Crippen molar-refractivity contribution in [3.8, 4) is 11.3 Å². The van der Waals surface area contributed by atoms with Gasteiger partial charge in [-0.3, -0.25) is 9.20 Å². The second kappa shape index (κ2) is 7.06. The molecule has 1 amide bonds. The molecular formula is C23H23N3OS. The Hall–Kier alpha value is -2.66. The van der Waals surface area contributed by atoms with Gasteiger partial charge < -0.3 is 5.32 Å². The van der Waals surface area contributed by atoms with Gasteiger partial charge in [0.25, 0.3) is 5.91 Å². The molecule has 1 saturated carbocycles. The Kier molecular flexibility index (Phi) is 4.40. The van der Waals surface area contributed by atoms with Crippen LogP contribution in [0.5, 0.6) is 0 Å². The summed E-state index contributed by atoms with van der Waals surface area (Å²) < 4.78 is 3.21. The lowest BCUT2D eigenvalue weighted by Crippen LogP contribution is -2.41. The van der Waals surface area contributed by atoms with Crippen molar-refractivity contribution in [2.24, 2.45) is 5.92 Å². The van der Waals surface area contributed by atoms with E-state index in [9.17, 15) is 4.79 Å². The molecule has 2 atom stereocenters. The Labute approximate surface area is 168 Å². The number of amides is 1. The van der Waals surface area contributed by atoms with Crippen LogP contribution in [0.4, 0.5) is 0 Å². The van der Waals surface area contributed by atoms with Crippen molar-refractivity contribution in [1.82, 2.24) is 14.7 Å². The fourth-order valence-electron chi connectivity index (χ4n) is 4.17. The normalized spacial score (nSPS) is 19.9. The summed E-state index contributed by atoms with van der Waals surface area (Å²) in [5.41, 5.74) is 3.92. The summed E-state index contributed by atoms with van der Waals surface area (Å²) in [6.45, 7) is 2.24. The molecule has 1 fully saturated rings. The van der Waals surface area contributed by atoms with Crippen molar-refractivity contribution in [2.45, 2.75) is 38.6 Å². The van der Waals surface area contributed by atoms with E-state index in [0.717, 1.165) is 38.4 Å². The van der Waals surface area contributed by atoms with Crippen molar-refractivity contribution in [3.63, 3.8) is 0 Å². The van der Waals surface area contributed by atoms with Gasteiger partial charge in [-0.25, -0.2) is 4.98 Å². The van der Waals surface area contributed by atoms with E-state index in [1.807, 2.05) is 36.4 Å². The van der Waals surface area contributed by atoms with Crippen LogP contribution in [-0.2, 0) is 0 Å². The van der Waals surface area contributed by atoms with Crippen LogP contribution in [0, 0.1) is 5.92 Å². The Morgan fingerprint density at radius 2 is 1.96 bits per heavy atom. The molecule has 28 heavy (non-hydrogen) atoms. The van der Waals surface area contributed by atoms with Crippen molar-refractivity contribution in [1.29, 1.82) is 0 Å². The highest BCUT2D eigenvalue weighted by Gasteiger charge is 2.23. The van der Waals surface area contributed by atoms with Gasteiger partial charge in [-0.05, 0) is 37.0 Å². The smallest absolute Gasteiger partial charge is 0.251 e. The minimum atomic E-state index is 0.0386. The van der Waals surface area contributed by atoms with Crippen molar-refractivity contribution < 1.29 is 4.79 Å². The lowest BCUT2D eigenvalue weighted by atomic mass is 9.86. The SMILES string of the molecule is C[C@H]1CCCC[C@@H]1NC(=O)c1ccc2c(c1)sc1nc(-c3ccccc3)cn12. The maximum Gasteiger partial charge on any atom is 0.251 e. The van der Waals surface area contributed by atoms with Crippen LogP contribution in [0.1, 0.15) is 43.0 Å². The number of imidazole rings is 1. The Balaban J connectivity index is 1.44. The molecule has 4 nitrogen and oxygen atoms in total. The predicted octanol–water partition coefficient (Wildman–Crippen LogP) is 5.52. The van der Waals surface area contributed by atoms with E-state index in [2.05, 4.69) is 35.0 Å². The van der Waals surface area contributed by atoms with Gasteiger partial charge in [0.05, 0.1) is 15.9 Å². The van der Waals surface area contributed by atoms with Crippen LogP contribution in [0.15, 0.2) is 54.7 Å². The van der Waals surface area contributed by atoms with E-state index in [-0.39, 0.29) is 5.91 Å². The number of thiazole rings is 1. The van der Waals surface area contributed by atoms with Gasteiger partial charge in [0.1, 0.15) is 0 Å². The second-order valence-corrected chi connectivity index (χ2v) is 8.78. The summed E-state index contributed by atoms with van der Waals surface area (Å²) in [4.78, 5) is 18.5. The zero-order valence-corrected chi connectivity index (χ0v) is 16.7. The molecule has 142 valence electrons. The van der Waals surface area contributed by atoms with Gasteiger partial charge in [0, 0.05) is 23.4 Å². The first-order valence-electron chi connectivity index (χ1n) is 9.97. The number of carbonyl (C=O) groups excluding carboxylic acids is 1.